The molecule has 0 saturated carbocycles. The summed E-state index contributed by atoms with van der Waals surface area (Å²) in [5.74, 6) is -0.422. The van der Waals surface area contributed by atoms with E-state index in [4.69, 9.17) is 0 Å². The highest BCUT2D eigenvalue weighted by molar-refractivity contribution is 7.92. The van der Waals surface area contributed by atoms with Gasteiger partial charge in [-0.1, -0.05) is 42.0 Å². The first kappa shape index (κ1) is 23.5. The maximum Gasteiger partial charge on any atom is 0.264 e. The Morgan fingerprint density at radius 2 is 1.71 bits per heavy atom. The Balaban J connectivity index is 1.60. The number of hydrogen-bond donors (Lipinski definition) is 1. The Morgan fingerprint density at radius 3 is 2.35 bits per heavy atom. The number of anilines is 3. The van der Waals surface area contributed by atoms with E-state index in [1.807, 2.05) is 19.9 Å². The molecule has 0 aliphatic carbocycles. The summed E-state index contributed by atoms with van der Waals surface area (Å²) in [7, 11) is -3.97. The lowest BCUT2D eigenvalue weighted by atomic mass is 10.1. The van der Waals surface area contributed by atoms with Crippen LogP contribution in [-0.4, -0.2) is 33.3 Å². The normalized spacial score (nSPS) is 13.7. The third-order valence-electron chi connectivity index (χ3n) is 5.80. The molecule has 0 aromatic heterocycles. The van der Waals surface area contributed by atoms with Crippen LogP contribution in [0.4, 0.5) is 17.1 Å². The van der Waals surface area contributed by atoms with Crippen molar-refractivity contribution in [3.8, 4) is 0 Å². The molecule has 8 heteroatoms. The molecule has 7 nitrogen and oxygen atoms in total. The average Bonchev–Trinajstić information content (AvgIpc) is 3.25. The first-order chi connectivity index (χ1) is 16.3. The molecule has 176 valence electrons. The predicted molar refractivity (Wildman–Crippen MR) is 134 cm³/mol. The van der Waals surface area contributed by atoms with Gasteiger partial charge in [0.25, 0.3) is 10.0 Å². The van der Waals surface area contributed by atoms with Gasteiger partial charge in [-0.3, -0.25) is 13.9 Å². The summed E-state index contributed by atoms with van der Waals surface area (Å²) in [4.78, 5) is 27.1. The fraction of sp³-hybridized carbons (Fsp3) is 0.231. The molecule has 0 radical (unpaired) electrons. The number of rotatable bonds is 7. The van der Waals surface area contributed by atoms with Crippen LogP contribution in [0.1, 0.15) is 24.0 Å². The van der Waals surface area contributed by atoms with Gasteiger partial charge in [0.15, 0.2) is 0 Å². The van der Waals surface area contributed by atoms with Gasteiger partial charge in [-0.15, -0.1) is 0 Å². The van der Waals surface area contributed by atoms with Crippen molar-refractivity contribution in [3.05, 3.63) is 83.9 Å². The second kappa shape index (κ2) is 9.69. The Hall–Kier alpha value is -3.65. The number of hydrogen-bond acceptors (Lipinski definition) is 4. The molecular weight excluding hydrogens is 450 g/mol. The molecule has 3 aromatic rings. The summed E-state index contributed by atoms with van der Waals surface area (Å²) >= 11 is 0. The molecule has 0 bridgehead atoms. The largest absolute Gasteiger partial charge is 0.324 e. The fourth-order valence-electron chi connectivity index (χ4n) is 3.96. The van der Waals surface area contributed by atoms with Crippen LogP contribution in [0.2, 0.25) is 0 Å². The van der Waals surface area contributed by atoms with Crippen molar-refractivity contribution in [3.63, 3.8) is 0 Å². The zero-order chi connectivity index (χ0) is 24.3. The summed E-state index contributed by atoms with van der Waals surface area (Å²) in [6.45, 7) is 4.07. The van der Waals surface area contributed by atoms with Crippen LogP contribution in [0.15, 0.2) is 77.7 Å². The number of carbonyl (C=O) groups is 2. The highest BCUT2D eigenvalue weighted by atomic mass is 32.2. The molecule has 1 N–H and O–H groups in total. The van der Waals surface area contributed by atoms with Crippen molar-refractivity contribution < 1.29 is 18.0 Å². The molecule has 3 aromatic carbocycles. The molecule has 1 fully saturated rings. The van der Waals surface area contributed by atoms with Crippen LogP contribution in [0.3, 0.4) is 0 Å². The minimum absolute atomic E-state index is 0.0612. The van der Waals surface area contributed by atoms with Crippen LogP contribution in [0.5, 0.6) is 0 Å². The highest BCUT2D eigenvalue weighted by Crippen LogP contribution is 2.29. The SMILES string of the molecule is Cc1ccc(N(CC(=O)Nc2ccc(C)c(N3CCCC3=O)c2)S(=O)(=O)c2ccccc2)cc1. The van der Waals surface area contributed by atoms with Crippen LogP contribution >= 0.6 is 0 Å². The number of nitrogens with one attached hydrogen (secondary N) is 1. The van der Waals surface area contributed by atoms with E-state index in [1.165, 1.54) is 12.1 Å². The van der Waals surface area contributed by atoms with Gasteiger partial charge in [-0.2, -0.15) is 0 Å². The van der Waals surface area contributed by atoms with Gasteiger partial charge in [0.1, 0.15) is 6.54 Å². The number of carbonyl (C=O) groups excluding carboxylic acids is 2. The Bertz CT molecular complexity index is 1310. The van der Waals surface area contributed by atoms with Crippen molar-refractivity contribution in [2.75, 3.05) is 27.6 Å². The van der Waals surface area contributed by atoms with Gasteiger partial charge >= 0.3 is 0 Å². The van der Waals surface area contributed by atoms with Gasteiger partial charge in [0.2, 0.25) is 11.8 Å². The molecule has 1 aliphatic rings. The third-order valence-corrected chi connectivity index (χ3v) is 7.59. The Morgan fingerprint density at radius 1 is 1.00 bits per heavy atom. The van der Waals surface area contributed by atoms with Gasteiger partial charge < -0.3 is 10.2 Å². The zero-order valence-corrected chi connectivity index (χ0v) is 20.0. The van der Waals surface area contributed by atoms with Crippen molar-refractivity contribution in [1.82, 2.24) is 0 Å². The standard InChI is InChI=1S/C26H27N3O4S/c1-19-10-14-22(15-11-19)29(34(32,33)23-7-4-3-5-8-23)18-25(30)27-21-13-12-20(2)24(17-21)28-16-6-9-26(28)31/h3-5,7-8,10-15,17H,6,9,16,18H2,1-2H3,(H,27,30). The number of aryl methyl sites for hydroxylation is 2. The van der Waals surface area contributed by atoms with E-state index in [0.29, 0.717) is 24.3 Å². The van der Waals surface area contributed by atoms with E-state index >= 15 is 0 Å². The van der Waals surface area contributed by atoms with E-state index in [1.54, 1.807) is 59.5 Å². The van der Waals surface area contributed by atoms with E-state index in [9.17, 15) is 18.0 Å². The second-order valence-corrected chi connectivity index (χ2v) is 10.2. The summed E-state index contributed by atoms with van der Waals surface area (Å²) in [6, 6.07) is 20.4. The molecule has 0 spiro atoms. The molecule has 2 amide bonds. The molecule has 0 atom stereocenters. The second-order valence-electron chi connectivity index (χ2n) is 8.36. The van der Waals surface area contributed by atoms with Crippen molar-refractivity contribution in [2.45, 2.75) is 31.6 Å². The van der Waals surface area contributed by atoms with Crippen molar-refractivity contribution >= 4 is 38.9 Å². The Labute approximate surface area is 200 Å². The topological polar surface area (TPSA) is 86.8 Å². The molecule has 1 aliphatic heterocycles. The lowest BCUT2D eigenvalue weighted by molar-refractivity contribution is -0.117. The van der Waals surface area contributed by atoms with Gasteiger partial charge in [-0.25, -0.2) is 8.42 Å². The number of amides is 2. The molecule has 34 heavy (non-hydrogen) atoms. The van der Waals surface area contributed by atoms with Crippen LogP contribution < -0.4 is 14.5 Å². The predicted octanol–water partition coefficient (Wildman–Crippen LogP) is 4.26. The molecule has 1 saturated heterocycles. The first-order valence-electron chi connectivity index (χ1n) is 11.1. The van der Waals surface area contributed by atoms with E-state index in [0.717, 1.165) is 27.5 Å². The summed E-state index contributed by atoms with van der Waals surface area (Å²) in [5.41, 5.74) is 3.57. The maximum absolute atomic E-state index is 13.4. The van der Waals surface area contributed by atoms with E-state index < -0.39 is 22.5 Å². The summed E-state index contributed by atoms with van der Waals surface area (Å²) < 4.78 is 27.9. The summed E-state index contributed by atoms with van der Waals surface area (Å²) in [5, 5.41) is 2.80. The maximum atomic E-state index is 13.4. The van der Waals surface area contributed by atoms with Crippen molar-refractivity contribution in [1.29, 1.82) is 0 Å². The smallest absolute Gasteiger partial charge is 0.264 e. The Kier molecular flexibility index (Phi) is 6.70. The van der Waals surface area contributed by atoms with Crippen LogP contribution in [-0.2, 0) is 19.6 Å². The summed E-state index contributed by atoms with van der Waals surface area (Å²) in [6.07, 6.45) is 1.32. The number of sulfonamides is 1. The third kappa shape index (κ3) is 4.97. The monoisotopic (exact) mass is 477 g/mol. The molecule has 0 unspecified atom stereocenters. The lowest BCUT2D eigenvalue weighted by Gasteiger charge is -2.24. The molecule has 1 heterocycles. The van der Waals surface area contributed by atoms with Crippen LogP contribution in [0, 0.1) is 13.8 Å². The van der Waals surface area contributed by atoms with Crippen LogP contribution in [0.25, 0.3) is 0 Å². The van der Waals surface area contributed by atoms with E-state index in [-0.39, 0.29) is 10.8 Å². The van der Waals surface area contributed by atoms with Gasteiger partial charge in [0, 0.05) is 24.3 Å². The lowest BCUT2D eigenvalue weighted by Crippen LogP contribution is -2.38. The average molecular weight is 478 g/mol. The number of benzene rings is 3. The molecule has 4 rings (SSSR count). The quantitative estimate of drug-likeness (QED) is 0.551. The molecular formula is C26H27N3O4S. The van der Waals surface area contributed by atoms with E-state index in [2.05, 4.69) is 5.32 Å². The minimum Gasteiger partial charge on any atom is -0.324 e. The zero-order valence-electron chi connectivity index (χ0n) is 19.2. The first-order valence-corrected chi connectivity index (χ1v) is 12.5. The van der Waals surface area contributed by atoms with Gasteiger partial charge in [0.05, 0.1) is 10.6 Å². The van der Waals surface area contributed by atoms with Crippen molar-refractivity contribution in [2.24, 2.45) is 0 Å². The fourth-order valence-corrected chi connectivity index (χ4v) is 5.40. The number of nitrogens with zero attached hydrogens (tertiary/aromatic N) is 2. The minimum atomic E-state index is -3.97. The van der Waals surface area contributed by atoms with Gasteiger partial charge in [-0.05, 0) is 62.2 Å². The highest BCUT2D eigenvalue weighted by Gasteiger charge is 2.28.